The maximum absolute atomic E-state index is 5.91. The second-order valence-corrected chi connectivity index (χ2v) is 4.05. The van der Waals surface area contributed by atoms with Gasteiger partial charge in [-0.15, -0.1) is 0 Å². The van der Waals surface area contributed by atoms with Crippen molar-refractivity contribution in [3.05, 3.63) is 0 Å². The molecule has 1 saturated carbocycles. The van der Waals surface area contributed by atoms with E-state index in [9.17, 15) is 0 Å². The van der Waals surface area contributed by atoms with Gasteiger partial charge in [-0.1, -0.05) is 6.92 Å². The number of rotatable bonds is 6. The Morgan fingerprint density at radius 2 is 2.14 bits per heavy atom. The van der Waals surface area contributed by atoms with Crippen LogP contribution in [0.1, 0.15) is 33.1 Å². The van der Waals surface area contributed by atoms with Crippen LogP contribution in [0, 0.1) is 0 Å². The van der Waals surface area contributed by atoms with Gasteiger partial charge in [0.05, 0.1) is 6.61 Å². The van der Waals surface area contributed by atoms with Crippen molar-refractivity contribution in [1.82, 2.24) is 4.90 Å². The van der Waals surface area contributed by atoms with Crippen LogP contribution < -0.4 is 5.73 Å². The van der Waals surface area contributed by atoms with Crippen LogP contribution in [0.15, 0.2) is 0 Å². The molecule has 0 aliphatic heterocycles. The lowest BCUT2D eigenvalue weighted by Crippen LogP contribution is -2.36. The summed E-state index contributed by atoms with van der Waals surface area (Å²) in [7, 11) is 0. The Balaban J connectivity index is 2.23. The summed E-state index contributed by atoms with van der Waals surface area (Å²) in [6, 6.07) is 1.14. The highest BCUT2D eigenvalue weighted by Gasteiger charge is 2.25. The van der Waals surface area contributed by atoms with Crippen molar-refractivity contribution in [2.45, 2.75) is 45.2 Å². The first kappa shape index (κ1) is 12.0. The zero-order valence-electron chi connectivity index (χ0n) is 9.54. The molecule has 0 heterocycles. The summed E-state index contributed by atoms with van der Waals surface area (Å²) in [6.07, 6.45) is 3.62. The van der Waals surface area contributed by atoms with Gasteiger partial charge in [0.15, 0.2) is 0 Å². The maximum atomic E-state index is 5.91. The number of ether oxygens (including phenoxy) is 1. The first-order valence-electron chi connectivity index (χ1n) is 5.85. The summed E-state index contributed by atoms with van der Waals surface area (Å²) in [5.74, 6) is 0. The third-order valence-electron chi connectivity index (χ3n) is 3.10. The second-order valence-electron chi connectivity index (χ2n) is 4.05. The van der Waals surface area contributed by atoms with E-state index >= 15 is 0 Å². The molecule has 0 aromatic carbocycles. The molecule has 0 bridgehead atoms. The van der Waals surface area contributed by atoms with Gasteiger partial charge >= 0.3 is 0 Å². The lowest BCUT2D eigenvalue weighted by molar-refractivity contribution is 0.0974. The molecule has 84 valence electrons. The van der Waals surface area contributed by atoms with Crippen molar-refractivity contribution >= 4 is 0 Å². The zero-order chi connectivity index (χ0) is 10.4. The number of nitrogens with zero attached hydrogens (tertiary/aromatic N) is 1. The molecule has 1 aliphatic carbocycles. The minimum atomic E-state index is 0.432. The smallest absolute Gasteiger partial charge is 0.0593 e. The molecular weight excluding hydrogens is 176 g/mol. The third-order valence-corrected chi connectivity index (χ3v) is 3.10. The molecule has 14 heavy (non-hydrogen) atoms. The van der Waals surface area contributed by atoms with Crippen molar-refractivity contribution in [1.29, 1.82) is 0 Å². The van der Waals surface area contributed by atoms with Crippen LogP contribution in [0.2, 0.25) is 0 Å². The van der Waals surface area contributed by atoms with E-state index in [1.165, 1.54) is 19.3 Å². The minimum absolute atomic E-state index is 0.432. The number of hydrogen-bond donors (Lipinski definition) is 1. The predicted molar refractivity (Wildman–Crippen MR) is 59.4 cm³/mol. The predicted octanol–water partition coefficient (Wildman–Crippen LogP) is 1.22. The molecule has 1 fully saturated rings. The van der Waals surface area contributed by atoms with Crippen LogP contribution in [0.25, 0.3) is 0 Å². The van der Waals surface area contributed by atoms with Crippen LogP contribution in [-0.2, 0) is 4.74 Å². The topological polar surface area (TPSA) is 38.5 Å². The molecule has 0 amide bonds. The van der Waals surface area contributed by atoms with Gasteiger partial charge in [-0.25, -0.2) is 0 Å². The molecular formula is C11H24N2O. The average Bonchev–Trinajstić information content (AvgIpc) is 2.60. The van der Waals surface area contributed by atoms with Gasteiger partial charge in [0.1, 0.15) is 0 Å². The molecule has 3 nitrogen and oxygen atoms in total. The lowest BCUT2D eigenvalue weighted by Gasteiger charge is -2.27. The molecule has 2 unspecified atom stereocenters. The van der Waals surface area contributed by atoms with Crippen molar-refractivity contribution in [2.75, 3.05) is 26.3 Å². The molecule has 0 saturated heterocycles. The number of likely N-dealkylation sites (N-methyl/N-ethyl adjacent to an activating group) is 1. The molecule has 0 radical (unpaired) electrons. The number of hydrogen-bond acceptors (Lipinski definition) is 3. The number of nitrogens with two attached hydrogens (primary N) is 1. The Bertz CT molecular complexity index is 152. The largest absolute Gasteiger partial charge is 0.380 e. The van der Waals surface area contributed by atoms with Gasteiger partial charge in [-0.3, -0.25) is 4.90 Å². The zero-order valence-corrected chi connectivity index (χ0v) is 9.54. The van der Waals surface area contributed by atoms with Gasteiger partial charge < -0.3 is 10.5 Å². The van der Waals surface area contributed by atoms with E-state index in [2.05, 4.69) is 11.8 Å². The fourth-order valence-corrected chi connectivity index (χ4v) is 2.25. The lowest BCUT2D eigenvalue weighted by atomic mass is 10.2. The molecule has 0 aromatic rings. The molecule has 0 spiro atoms. The molecule has 3 heteroatoms. The molecule has 2 atom stereocenters. The summed E-state index contributed by atoms with van der Waals surface area (Å²) < 4.78 is 5.38. The van der Waals surface area contributed by atoms with Crippen LogP contribution in [0.4, 0.5) is 0 Å². The monoisotopic (exact) mass is 200 g/mol. The van der Waals surface area contributed by atoms with Crippen molar-refractivity contribution in [2.24, 2.45) is 5.73 Å². The first-order valence-corrected chi connectivity index (χ1v) is 5.85. The fraction of sp³-hybridized carbons (Fsp3) is 1.00. The van der Waals surface area contributed by atoms with Crippen LogP contribution >= 0.6 is 0 Å². The summed E-state index contributed by atoms with van der Waals surface area (Å²) in [5, 5.41) is 0. The summed E-state index contributed by atoms with van der Waals surface area (Å²) in [5.41, 5.74) is 5.91. The van der Waals surface area contributed by atoms with Gasteiger partial charge in [0, 0.05) is 25.2 Å². The van der Waals surface area contributed by atoms with E-state index in [1.54, 1.807) is 0 Å². The van der Waals surface area contributed by atoms with E-state index in [-0.39, 0.29) is 0 Å². The molecule has 1 rings (SSSR count). The van der Waals surface area contributed by atoms with Gasteiger partial charge in [-0.2, -0.15) is 0 Å². The first-order chi connectivity index (χ1) is 6.77. The Hall–Kier alpha value is -0.120. The summed E-state index contributed by atoms with van der Waals surface area (Å²) >= 11 is 0. The molecule has 1 aliphatic rings. The van der Waals surface area contributed by atoms with Crippen LogP contribution in [-0.4, -0.2) is 43.3 Å². The van der Waals surface area contributed by atoms with Crippen LogP contribution in [0.3, 0.4) is 0 Å². The Labute approximate surface area is 87.6 Å². The van der Waals surface area contributed by atoms with Gasteiger partial charge in [-0.05, 0) is 32.7 Å². The molecule has 0 aromatic heterocycles. The van der Waals surface area contributed by atoms with E-state index in [0.29, 0.717) is 12.1 Å². The normalized spacial score (nSPS) is 27.4. The second kappa shape index (κ2) is 6.38. The SMILES string of the molecule is CCOCCN(CC)C1CCC(N)C1. The third kappa shape index (κ3) is 3.56. The van der Waals surface area contributed by atoms with Gasteiger partial charge in [0.25, 0.3) is 0 Å². The van der Waals surface area contributed by atoms with E-state index in [1.807, 2.05) is 6.92 Å². The standard InChI is InChI=1S/C11H24N2O/c1-3-13(7-8-14-4-2)11-6-5-10(12)9-11/h10-11H,3-9,12H2,1-2H3. The van der Waals surface area contributed by atoms with E-state index < -0.39 is 0 Å². The van der Waals surface area contributed by atoms with Gasteiger partial charge in [0.2, 0.25) is 0 Å². The van der Waals surface area contributed by atoms with Crippen LogP contribution in [0.5, 0.6) is 0 Å². The van der Waals surface area contributed by atoms with E-state index in [4.69, 9.17) is 10.5 Å². The van der Waals surface area contributed by atoms with Crippen molar-refractivity contribution < 1.29 is 4.74 Å². The average molecular weight is 200 g/mol. The summed E-state index contributed by atoms with van der Waals surface area (Å²) in [4.78, 5) is 2.50. The highest BCUT2D eigenvalue weighted by atomic mass is 16.5. The highest BCUT2D eigenvalue weighted by molar-refractivity contribution is 4.84. The maximum Gasteiger partial charge on any atom is 0.0593 e. The highest BCUT2D eigenvalue weighted by Crippen LogP contribution is 2.22. The summed E-state index contributed by atoms with van der Waals surface area (Å²) in [6.45, 7) is 8.11. The van der Waals surface area contributed by atoms with Crippen molar-refractivity contribution in [3.8, 4) is 0 Å². The minimum Gasteiger partial charge on any atom is -0.380 e. The quantitative estimate of drug-likeness (QED) is 0.655. The Morgan fingerprint density at radius 3 is 2.64 bits per heavy atom. The Kier molecular flexibility index (Phi) is 5.45. The Morgan fingerprint density at radius 1 is 1.36 bits per heavy atom. The van der Waals surface area contributed by atoms with Crippen molar-refractivity contribution in [3.63, 3.8) is 0 Å². The van der Waals surface area contributed by atoms with E-state index in [0.717, 1.165) is 26.3 Å². The fourth-order valence-electron chi connectivity index (χ4n) is 2.25. The molecule has 2 N–H and O–H groups in total.